The quantitative estimate of drug-likeness (QED) is 0.440. The molecule has 0 aliphatic rings. The summed E-state index contributed by atoms with van der Waals surface area (Å²) in [7, 11) is 0. The highest BCUT2D eigenvalue weighted by molar-refractivity contribution is 7.99. The molecular formula is C20H23NO2S. The summed E-state index contributed by atoms with van der Waals surface area (Å²) < 4.78 is 5.77. The van der Waals surface area contributed by atoms with E-state index in [1.165, 1.54) is 0 Å². The van der Waals surface area contributed by atoms with Gasteiger partial charge in [0.15, 0.2) is 0 Å². The van der Waals surface area contributed by atoms with Gasteiger partial charge in [-0.25, -0.2) is 0 Å². The topological polar surface area (TPSA) is 38.3 Å². The lowest BCUT2D eigenvalue weighted by Crippen LogP contribution is -2.28. The highest BCUT2D eigenvalue weighted by Gasteiger charge is 2.10. The van der Waals surface area contributed by atoms with Gasteiger partial charge in [0.2, 0.25) is 0 Å². The number of aryl methyl sites for hydroxylation is 2. The molecule has 2 rings (SSSR count). The molecule has 0 aliphatic heterocycles. The molecule has 126 valence electrons. The number of carbonyl (C=O) groups is 1. The Labute approximate surface area is 148 Å². The summed E-state index contributed by atoms with van der Waals surface area (Å²) in [5.41, 5.74) is 2.95. The molecule has 0 fully saturated rings. The molecule has 0 aliphatic carbocycles. The minimum absolute atomic E-state index is 0.0771. The Morgan fingerprint density at radius 3 is 2.83 bits per heavy atom. The van der Waals surface area contributed by atoms with Crippen molar-refractivity contribution >= 4 is 17.7 Å². The molecule has 0 spiro atoms. The van der Waals surface area contributed by atoms with E-state index in [1.54, 1.807) is 11.8 Å². The van der Waals surface area contributed by atoms with Crippen molar-refractivity contribution in [2.75, 3.05) is 18.9 Å². The fourth-order valence-electron chi connectivity index (χ4n) is 2.21. The first kappa shape index (κ1) is 18.1. The number of nitrogens with one attached hydrogen (secondary N) is 1. The van der Waals surface area contributed by atoms with Crippen LogP contribution in [0.25, 0.3) is 0 Å². The van der Waals surface area contributed by atoms with E-state index in [-0.39, 0.29) is 5.91 Å². The molecule has 3 nitrogen and oxygen atoms in total. The van der Waals surface area contributed by atoms with Crippen LogP contribution in [0.5, 0.6) is 5.75 Å². The van der Waals surface area contributed by atoms with Gasteiger partial charge in [-0.3, -0.25) is 4.79 Å². The molecule has 0 atom stereocenters. The van der Waals surface area contributed by atoms with Gasteiger partial charge in [0.05, 0.1) is 12.1 Å². The van der Waals surface area contributed by atoms with Crippen LogP contribution < -0.4 is 10.1 Å². The molecule has 2 aromatic carbocycles. The second-order valence-corrected chi connectivity index (χ2v) is 6.53. The average molecular weight is 341 g/mol. The third-order valence-electron chi connectivity index (χ3n) is 3.48. The van der Waals surface area contributed by atoms with E-state index in [0.717, 1.165) is 27.5 Å². The number of carbonyl (C=O) groups excluding carboxylic acids is 1. The van der Waals surface area contributed by atoms with Crippen LogP contribution in [0.3, 0.4) is 0 Å². The third-order valence-corrected chi connectivity index (χ3v) is 4.55. The van der Waals surface area contributed by atoms with Crippen LogP contribution >= 0.6 is 11.8 Å². The maximum absolute atomic E-state index is 12.4. The SMILES string of the molecule is C=CCSc1ccccc1C(=O)NCCOc1cc(C)ccc1C. The Kier molecular flexibility index (Phi) is 6.94. The van der Waals surface area contributed by atoms with Crippen molar-refractivity contribution in [1.29, 1.82) is 0 Å². The van der Waals surface area contributed by atoms with Crippen molar-refractivity contribution in [3.8, 4) is 5.75 Å². The van der Waals surface area contributed by atoms with E-state index >= 15 is 0 Å². The molecule has 1 amide bonds. The van der Waals surface area contributed by atoms with Crippen molar-refractivity contribution in [3.05, 3.63) is 71.8 Å². The maximum Gasteiger partial charge on any atom is 0.252 e. The summed E-state index contributed by atoms with van der Waals surface area (Å²) >= 11 is 1.60. The van der Waals surface area contributed by atoms with E-state index in [0.29, 0.717) is 18.7 Å². The summed E-state index contributed by atoms with van der Waals surface area (Å²) in [5.74, 6) is 1.57. The molecule has 0 saturated carbocycles. The molecule has 0 aromatic heterocycles. The predicted molar refractivity (Wildman–Crippen MR) is 101 cm³/mol. The number of hydrogen-bond donors (Lipinski definition) is 1. The lowest BCUT2D eigenvalue weighted by Gasteiger charge is -2.12. The van der Waals surface area contributed by atoms with Crippen molar-refractivity contribution < 1.29 is 9.53 Å². The zero-order valence-corrected chi connectivity index (χ0v) is 15.0. The van der Waals surface area contributed by atoms with Crippen molar-refractivity contribution in [3.63, 3.8) is 0 Å². The highest BCUT2D eigenvalue weighted by Crippen LogP contribution is 2.22. The van der Waals surface area contributed by atoms with Gasteiger partial charge in [-0.15, -0.1) is 18.3 Å². The van der Waals surface area contributed by atoms with Crippen LogP contribution in [-0.4, -0.2) is 24.8 Å². The predicted octanol–water partition coefficient (Wildman–Crippen LogP) is 4.39. The summed E-state index contributed by atoms with van der Waals surface area (Å²) in [6, 6.07) is 13.7. The van der Waals surface area contributed by atoms with E-state index in [2.05, 4.69) is 18.0 Å². The molecule has 0 radical (unpaired) electrons. The highest BCUT2D eigenvalue weighted by atomic mass is 32.2. The van der Waals surface area contributed by atoms with Crippen molar-refractivity contribution in [2.24, 2.45) is 0 Å². The summed E-state index contributed by atoms with van der Waals surface area (Å²) in [6.45, 7) is 8.67. The zero-order chi connectivity index (χ0) is 17.4. The first-order valence-electron chi connectivity index (χ1n) is 7.93. The van der Waals surface area contributed by atoms with Crippen molar-refractivity contribution in [2.45, 2.75) is 18.7 Å². The van der Waals surface area contributed by atoms with Crippen LogP contribution in [0.4, 0.5) is 0 Å². The van der Waals surface area contributed by atoms with Gasteiger partial charge >= 0.3 is 0 Å². The van der Waals surface area contributed by atoms with E-state index in [4.69, 9.17) is 4.74 Å². The largest absolute Gasteiger partial charge is 0.491 e. The summed E-state index contributed by atoms with van der Waals surface area (Å²) in [4.78, 5) is 13.3. The van der Waals surface area contributed by atoms with E-state index in [1.807, 2.05) is 56.3 Å². The maximum atomic E-state index is 12.4. The van der Waals surface area contributed by atoms with Gasteiger partial charge in [0.1, 0.15) is 12.4 Å². The van der Waals surface area contributed by atoms with Crippen LogP contribution in [0.1, 0.15) is 21.5 Å². The van der Waals surface area contributed by atoms with Crippen LogP contribution in [-0.2, 0) is 0 Å². The van der Waals surface area contributed by atoms with Gasteiger partial charge in [-0.1, -0.05) is 30.3 Å². The molecule has 4 heteroatoms. The lowest BCUT2D eigenvalue weighted by atomic mass is 10.1. The number of ether oxygens (including phenoxy) is 1. The average Bonchev–Trinajstić information content (AvgIpc) is 2.59. The van der Waals surface area contributed by atoms with E-state index in [9.17, 15) is 4.79 Å². The summed E-state index contributed by atoms with van der Waals surface area (Å²) in [5, 5.41) is 2.92. The lowest BCUT2D eigenvalue weighted by molar-refractivity contribution is 0.0944. The second-order valence-electron chi connectivity index (χ2n) is 5.47. The van der Waals surface area contributed by atoms with Crippen molar-refractivity contribution in [1.82, 2.24) is 5.32 Å². The first-order valence-corrected chi connectivity index (χ1v) is 8.91. The van der Waals surface area contributed by atoms with E-state index < -0.39 is 0 Å². The Bertz CT molecular complexity index is 713. The van der Waals surface area contributed by atoms with Crippen LogP contribution in [0, 0.1) is 13.8 Å². The third kappa shape index (κ3) is 5.17. The van der Waals surface area contributed by atoms with Gasteiger partial charge in [0, 0.05) is 10.6 Å². The summed E-state index contributed by atoms with van der Waals surface area (Å²) in [6.07, 6.45) is 1.83. The van der Waals surface area contributed by atoms with Gasteiger partial charge in [-0.2, -0.15) is 0 Å². The smallest absolute Gasteiger partial charge is 0.252 e. The van der Waals surface area contributed by atoms with Crippen LogP contribution in [0.15, 0.2) is 60.0 Å². The number of amides is 1. The standard InChI is InChI=1S/C20H23NO2S/c1-4-13-24-19-8-6-5-7-17(19)20(22)21-11-12-23-18-14-15(2)9-10-16(18)3/h4-10,14H,1,11-13H2,2-3H3,(H,21,22). The fraction of sp³-hybridized carbons (Fsp3) is 0.250. The normalized spacial score (nSPS) is 10.2. The first-order chi connectivity index (χ1) is 11.6. The molecule has 24 heavy (non-hydrogen) atoms. The molecule has 0 heterocycles. The second kappa shape index (κ2) is 9.18. The Morgan fingerprint density at radius 2 is 2.04 bits per heavy atom. The molecule has 0 bridgehead atoms. The zero-order valence-electron chi connectivity index (χ0n) is 14.2. The van der Waals surface area contributed by atoms with Gasteiger partial charge in [0.25, 0.3) is 5.91 Å². The minimum Gasteiger partial charge on any atom is -0.491 e. The molecule has 2 aromatic rings. The monoisotopic (exact) mass is 341 g/mol. The van der Waals surface area contributed by atoms with Crippen LogP contribution in [0.2, 0.25) is 0 Å². The van der Waals surface area contributed by atoms with Gasteiger partial charge in [-0.05, 0) is 43.2 Å². The molecule has 0 saturated heterocycles. The molecule has 1 N–H and O–H groups in total. The number of benzene rings is 2. The number of rotatable bonds is 8. The minimum atomic E-state index is -0.0771. The number of hydrogen-bond acceptors (Lipinski definition) is 3. The fourth-order valence-corrected chi connectivity index (χ4v) is 3.00. The Balaban J connectivity index is 1.87. The Morgan fingerprint density at radius 1 is 1.25 bits per heavy atom. The molecular weight excluding hydrogens is 318 g/mol. The number of thioether (sulfide) groups is 1. The molecule has 0 unspecified atom stereocenters. The van der Waals surface area contributed by atoms with Gasteiger partial charge < -0.3 is 10.1 Å². The Hall–Kier alpha value is -2.20.